The maximum absolute atomic E-state index is 11.5. The fourth-order valence-electron chi connectivity index (χ4n) is 2.04. The van der Waals surface area contributed by atoms with Crippen molar-refractivity contribution in [3.63, 3.8) is 0 Å². The van der Waals surface area contributed by atoms with E-state index < -0.39 is 5.97 Å². The monoisotopic (exact) mass is 299 g/mol. The molecule has 2 aromatic carbocycles. The Balaban J connectivity index is 2.46. The van der Waals surface area contributed by atoms with Crippen LogP contribution in [-0.4, -0.2) is 25.3 Å². The predicted octanol–water partition coefficient (Wildman–Crippen LogP) is 2.91. The molecule has 5 heteroatoms. The standard InChI is InChI=1S/C17H17NO4/c1-21-15-8-3-11(10-16(15)22-2)9-14(17(19)20)12-4-6-13(18)7-5-12/h3-10H,18H2,1-2H3,(H,19,20)/b14-9-. The number of rotatable bonds is 5. The van der Waals surface area contributed by atoms with E-state index in [0.717, 1.165) is 0 Å². The Hall–Kier alpha value is -2.95. The number of aliphatic carboxylic acids is 1. The molecule has 0 aliphatic carbocycles. The molecule has 0 aromatic heterocycles. The first-order valence-electron chi connectivity index (χ1n) is 6.58. The highest BCUT2D eigenvalue weighted by Gasteiger charge is 2.11. The quantitative estimate of drug-likeness (QED) is 0.504. The molecule has 5 nitrogen and oxygen atoms in total. The van der Waals surface area contributed by atoms with Gasteiger partial charge in [-0.2, -0.15) is 0 Å². The lowest BCUT2D eigenvalue weighted by molar-refractivity contribution is -0.130. The smallest absolute Gasteiger partial charge is 0.336 e. The number of methoxy groups -OCH3 is 2. The minimum atomic E-state index is -1.01. The van der Waals surface area contributed by atoms with Gasteiger partial charge >= 0.3 is 5.97 Å². The van der Waals surface area contributed by atoms with Gasteiger partial charge in [0.2, 0.25) is 0 Å². The summed E-state index contributed by atoms with van der Waals surface area (Å²) in [6, 6.07) is 11.9. The van der Waals surface area contributed by atoms with Crippen molar-refractivity contribution in [3.05, 3.63) is 53.6 Å². The molecule has 0 unspecified atom stereocenters. The number of nitrogen functional groups attached to an aromatic ring is 1. The highest BCUT2D eigenvalue weighted by molar-refractivity contribution is 6.20. The van der Waals surface area contributed by atoms with Crippen LogP contribution in [0.2, 0.25) is 0 Å². The highest BCUT2D eigenvalue weighted by Crippen LogP contribution is 2.29. The minimum absolute atomic E-state index is 0.173. The molecule has 0 saturated heterocycles. The number of hydrogen-bond donors (Lipinski definition) is 2. The van der Waals surface area contributed by atoms with Gasteiger partial charge in [0.15, 0.2) is 11.5 Å². The average molecular weight is 299 g/mol. The summed E-state index contributed by atoms with van der Waals surface area (Å²) < 4.78 is 10.4. The fourth-order valence-corrected chi connectivity index (χ4v) is 2.04. The van der Waals surface area contributed by atoms with Gasteiger partial charge in [0.25, 0.3) is 0 Å². The summed E-state index contributed by atoms with van der Waals surface area (Å²) in [7, 11) is 3.08. The van der Waals surface area contributed by atoms with Gasteiger partial charge in [-0.05, 0) is 41.5 Å². The molecule has 0 radical (unpaired) electrons. The van der Waals surface area contributed by atoms with Crippen LogP contribution in [0.1, 0.15) is 11.1 Å². The molecule has 22 heavy (non-hydrogen) atoms. The highest BCUT2D eigenvalue weighted by atomic mass is 16.5. The molecule has 0 aliphatic rings. The summed E-state index contributed by atoms with van der Waals surface area (Å²) in [6.07, 6.45) is 1.58. The molecule has 3 N–H and O–H groups in total. The third-order valence-electron chi connectivity index (χ3n) is 3.17. The van der Waals surface area contributed by atoms with Crippen molar-refractivity contribution < 1.29 is 19.4 Å². The Kier molecular flexibility index (Phi) is 4.68. The summed E-state index contributed by atoms with van der Waals surface area (Å²) in [5.74, 6) is 0.113. The second-order valence-corrected chi connectivity index (χ2v) is 4.60. The van der Waals surface area contributed by atoms with Gasteiger partial charge in [-0.25, -0.2) is 4.79 Å². The Labute approximate surface area is 128 Å². The van der Waals surface area contributed by atoms with E-state index in [-0.39, 0.29) is 5.57 Å². The van der Waals surface area contributed by atoms with Gasteiger partial charge in [0.1, 0.15) is 0 Å². The van der Waals surface area contributed by atoms with Crippen LogP contribution in [0.15, 0.2) is 42.5 Å². The number of hydrogen-bond acceptors (Lipinski definition) is 4. The molecule has 0 heterocycles. The summed E-state index contributed by atoms with van der Waals surface area (Å²) in [6.45, 7) is 0. The van der Waals surface area contributed by atoms with Crippen molar-refractivity contribution in [2.24, 2.45) is 0 Å². The molecule has 0 fully saturated rings. The third kappa shape index (κ3) is 3.38. The largest absolute Gasteiger partial charge is 0.493 e. The topological polar surface area (TPSA) is 81.8 Å². The van der Waals surface area contributed by atoms with Crippen LogP contribution in [-0.2, 0) is 4.79 Å². The van der Waals surface area contributed by atoms with E-state index >= 15 is 0 Å². The number of carboxylic acid groups (broad SMARTS) is 1. The Morgan fingerprint density at radius 3 is 2.23 bits per heavy atom. The molecular formula is C17H17NO4. The van der Waals surface area contributed by atoms with E-state index in [2.05, 4.69) is 0 Å². The van der Waals surface area contributed by atoms with Gasteiger partial charge in [0.05, 0.1) is 19.8 Å². The first-order chi connectivity index (χ1) is 10.5. The number of anilines is 1. The summed E-state index contributed by atoms with van der Waals surface area (Å²) in [4.78, 5) is 11.5. The fraction of sp³-hybridized carbons (Fsp3) is 0.118. The molecule has 0 bridgehead atoms. The lowest BCUT2D eigenvalue weighted by atomic mass is 10.0. The Bertz CT molecular complexity index is 705. The van der Waals surface area contributed by atoms with Crippen molar-refractivity contribution in [1.29, 1.82) is 0 Å². The van der Waals surface area contributed by atoms with E-state index in [1.807, 2.05) is 0 Å². The maximum Gasteiger partial charge on any atom is 0.336 e. The second-order valence-electron chi connectivity index (χ2n) is 4.60. The van der Waals surface area contributed by atoms with Crippen molar-refractivity contribution in [1.82, 2.24) is 0 Å². The summed E-state index contributed by atoms with van der Waals surface area (Å²) in [5.41, 5.74) is 7.67. The molecule has 0 aliphatic heterocycles. The van der Waals surface area contributed by atoms with Crippen molar-refractivity contribution in [3.8, 4) is 11.5 Å². The molecule has 2 aromatic rings. The van der Waals surface area contributed by atoms with Gasteiger partial charge in [-0.15, -0.1) is 0 Å². The van der Waals surface area contributed by atoms with E-state index in [0.29, 0.717) is 28.3 Å². The number of carboxylic acids is 1. The lowest BCUT2D eigenvalue weighted by Gasteiger charge is -2.09. The SMILES string of the molecule is COc1ccc(/C=C(\C(=O)O)c2ccc(N)cc2)cc1OC. The average Bonchev–Trinajstić information content (AvgIpc) is 2.53. The van der Waals surface area contributed by atoms with Crippen LogP contribution in [0.25, 0.3) is 11.6 Å². The first kappa shape index (κ1) is 15.4. The van der Waals surface area contributed by atoms with Crippen molar-refractivity contribution >= 4 is 23.3 Å². The van der Waals surface area contributed by atoms with Gasteiger partial charge in [0, 0.05) is 5.69 Å². The van der Waals surface area contributed by atoms with Crippen LogP contribution < -0.4 is 15.2 Å². The minimum Gasteiger partial charge on any atom is -0.493 e. The van der Waals surface area contributed by atoms with Crippen LogP contribution in [0.4, 0.5) is 5.69 Å². The van der Waals surface area contributed by atoms with E-state index in [1.165, 1.54) is 7.11 Å². The molecule has 0 saturated carbocycles. The summed E-state index contributed by atoms with van der Waals surface area (Å²) >= 11 is 0. The van der Waals surface area contributed by atoms with Crippen molar-refractivity contribution in [2.45, 2.75) is 0 Å². The lowest BCUT2D eigenvalue weighted by Crippen LogP contribution is -2.00. The predicted molar refractivity (Wildman–Crippen MR) is 85.9 cm³/mol. The molecular weight excluding hydrogens is 282 g/mol. The Morgan fingerprint density at radius 1 is 1.05 bits per heavy atom. The second kappa shape index (κ2) is 6.67. The zero-order valence-corrected chi connectivity index (χ0v) is 12.4. The van der Waals surface area contributed by atoms with Gasteiger partial charge in [-0.3, -0.25) is 0 Å². The van der Waals surface area contributed by atoms with Gasteiger partial charge in [-0.1, -0.05) is 18.2 Å². The first-order valence-corrected chi connectivity index (χ1v) is 6.58. The molecule has 0 spiro atoms. The molecule has 114 valence electrons. The van der Waals surface area contributed by atoms with Crippen LogP contribution in [0.3, 0.4) is 0 Å². The van der Waals surface area contributed by atoms with Gasteiger partial charge < -0.3 is 20.3 Å². The Morgan fingerprint density at radius 2 is 1.68 bits per heavy atom. The molecule has 2 rings (SSSR count). The van der Waals surface area contributed by atoms with E-state index in [4.69, 9.17) is 15.2 Å². The van der Waals surface area contributed by atoms with Crippen LogP contribution >= 0.6 is 0 Å². The number of carbonyl (C=O) groups is 1. The molecule has 0 atom stereocenters. The summed E-state index contributed by atoms with van der Waals surface area (Å²) in [5, 5.41) is 9.43. The van der Waals surface area contributed by atoms with Crippen molar-refractivity contribution in [2.75, 3.05) is 20.0 Å². The van der Waals surface area contributed by atoms with E-state index in [9.17, 15) is 9.90 Å². The third-order valence-corrected chi connectivity index (χ3v) is 3.17. The zero-order valence-electron chi connectivity index (χ0n) is 12.4. The zero-order chi connectivity index (χ0) is 16.1. The van der Waals surface area contributed by atoms with Crippen LogP contribution in [0.5, 0.6) is 11.5 Å². The number of nitrogens with two attached hydrogens (primary N) is 1. The maximum atomic E-state index is 11.5. The molecule has 0 amide bonds. The van der Waals surface area contributed by atoms with E-state index in [1.54, 1.807) is 55.7 Å². The number of benzene rings is 2. The number of ether oxygens (including phenoxy) is 2. The van der Waals surface area contributed by atoms with Crippen LogP contribution in [0, 0.1) is 0 Å². The normalized spacial score (nSPS) is 11.1.